The second kappa shape index (κ2) is 6.66. The molecule has 0 spiro atoms. The normalized spacial score (nSPS) is 22.5. The molecule has 7 nitrogen and oxygen atoms in total. The van der Waals surface area contributed by atoms with Gasteiger partial charge in [0.05, 0.1) is 25.9 Å². The molecule has 1 aliphatic heterocycles. The summed E-state index contributed by atoms with van der Waals surface area (Å²) in [6.45, 7) is 3.83. The number of nitrogens with zero attached hydrogens (tertiary/aromatic N) is 3. The minimum Gasteiger partial charge on any atom is -0.479 e. The average molecular weight is 309 g/mol. The van der Waals surface area contributed by atoms with Crippen LogP contribution in [-0.4, -0.2) is 73.9 Å². The van der Waals surface area contributed by atoms with E-state index in [-0.39, 0.29) is 17.8 Å². The van der Waals surface area contributed by atoms with Crippen LogP contribution in [0.15, 0.2) is 10.6 Å². The van der Waals surface area contributed by atoms with Gasteiger partial charge in [0.1, 0.15) is 0 Å². The van der Waals surface area contributed by atoms with Crippen molar-refractivity contribution < 1.29 is 18.8 Å². The molecule has 1 saturated carbocycles. The highest BCUT2D eigenvalue weighted by Gasteiger charge is 2.31. The smallest absolute Gasteiger partial charge is 0.292 e. The van der Waals surface area contributed by atoms with Crippen LogP contribution in [0.4, 0.5) is 0 Å². The molecule has 22 heavy (non-hydrogen) atoms. The molecule has 1 amide bonds. The van der Waals surface area contributed by atoms with E-state index in [1.54, 1.807) is 0 Å². The lowest BCUT2D eigenvalue weighted by atomic mass is 10.2. The van der Waals surface area contributed by atoms with Crippen LogP contribution in [0.2, 0.25) is 0 Å². The molecule has 0 radical (unpaired) electrons. The molecular formula is C15H23N3O4. The molecule has 1 aromatic rings. The molecule has 122 valence electrons. The summed E-state index contributed by atoms with van der Waals surface area (Å²) in [5, 5.41) is 3.71. The second-order valence-electron chi connectivity index (χ2n) is 6.14. The van der Waals surface area contributed by atoms with E-state index in [1.807, 2.05) is 4.90 Å². The third-order valence-electron chi connectivity index (χ3n) is 4.14. The molecule has 1 saturated heterocycles. The summed E-state index contributed by atoms with van der Waals surface area (Å²) in [6.07, 6.45) is 2.43. The first-order chi connectivity index (χ1) is 10.7. The molecule has 0 bridgehead atoms. The van der Waals surface area contributed by atoms with Gasteiger partial charge in [0.2, 0.25) is 5.76 Å². The molecule has 2 aliphatic rings. The predicted octanol–water partition coefficient (Wildman–Crippen LogP) is 0.866. The van der Waals surface area contributed by atoms with Gasteiger partial charge >= 0.3 is 0 Å². The average Bonchev–Trinajstić information content (AvgIpc) is 3.19. The van der Waals surface area contributed by atoms with Gasteiger partial charge in [0.15, 0.2) is 0 Å². The molecule has 7 heteroatoms. The van der Waals surface area contributed by atoms with Crippen molar-refractivity contribution in [3.63, 3.8) is 0 Å². The molecule has 1 atom stereocenters. The van der Waals surface area contributed by atoms with Crippen LogP contribution >= 0.6 is 0 Å². The van der Waals surface area contributed by atoms with Crippen LogP contribution in [0.5, 0.6) is 5.88 Å². The number of morpholine rings is 1. The number of ether oxygens (including phenoxy) is 2. The molecule has 1 aliphatic carbocycles. The molecule has 2 heterocycles. The Labute approximate surface area is 130 Å². The Morgan fingerprint density at radius 3 is 2.95 bits per heavy atom. The van der Waals surface area contributed by atoms with Crippen LogP contribution in [0.25, 0.3) is 0 Å². The van der Waals surface area contributed by atoms with E-state index in [9.17, 15) is 4.79 Å². The van der Waals surface area contributed by atoms with E-state index in [0.29, 0.717) is 24.9 Å². The van der Waals surface area contributed by atoms with Crippen LogP contribution in [0.1, 0.15) is 23.4 Å². The number of carbonyl (C=O) groups excluding carboxylic acids is 1. The maximum absolute atomic E-state index is 12.7. The van der Waals surface area contributed by atoms with E-state index in [0.717, 1.165) is 19.6 Å². The highest BCUT2D eigenvalue weighted by atomic mass is 16.5. The standard InChI is InChI=1S/C15H23N3O4/c1-17-5-6-21-12(9-17)10-18(8-11-3-4-11)15(19)13-7-14(20-2)16-22-13/h7,11-12H,3-6,8-10H2,1-2H3/t12-/m1/s1. The van der Waals surface area contributed by atoms with Gasteiger partial charge in [0.25, 0.3) is 11.8 Å². The van der Waals surface area contributed by atoms with Crippen LogP contribution in [-0.2, 0) is 4.74 Å². The number of aromatic nitrogens is 1. The fourth-order valence-electron chi connectivity index (χ4n) is 2.69. The van der Waals surface area contributed by atoms with Gasteiger partial charge in [-0.05, 0) is 31.0 Å². The molecule has 1 aromatic heterocycles. The van der Waals surface area contributed by atoms with E-state index in [2.05, 4.69) is 17.1 Å². The third-order valence-corrected chi connectivity index (χ3v) is 4.14. The lowest BCUT2D eigenvalue weighted by Crippen LogP contribution is -2.48. The maximum Gasteiger partial charge on any atom is 0.292 e. The van der Waals surface area contributed by atoms with Crippen LogP contribution in [0, 0.1) is 5.92 Å². The van der Waals surface area contributed by atoms with Gasteiger partial charge in [-0.2, -0.15) is 0 Å². The second-order valence-corrected chi connectivity index (χ2v) is 6.14. The summed E-state index contributed by atoms with van der Waals surface area (Å²) < 4.78 is 15.9. The van der Waals surface area contributed by atoms with Crippen molar-refractivity contribution in [2.75, 3.05) is 46.9 Å². The zero-order valence-corrected chi connectivity index (χ0v) is 13.2. The number of rotatable bonds is 6. The Morgan fingerprint density at radius 1 is 1.50 bits per heavy atom. The van der Waals surface area contributed by atoms with Gasteiger partial charge in [-0.3, -0.25) is 4.79 Å². The largest absolute Gasteiger partial charge is 0.479 e. The Bertz CT molecular complexity index is 515. The minimum absolute atomic E-state index is 0.0475. The number of hydrogen-bond donors (Lipinski definition) is 0. The Kier molecular flexibility index (Phi) is 4.63. The van der Waals surface area contributed by atoms with E-state index < -0.39 is 0 Å². The number of amides is 1. The van der Waals surface area contributed by atoms with Crippen molar-refractivity contribution in [1.29, 1.82) is 0 Å². The highest BCUT2D eigenvalue weighted by molar-refractivity contribution is 5.91. The Balaban J connectivity index is 1.66. The van der Waals surface area contributed by atoms with Gasteiger partial charge < -0.3 is 23.8 Å². The lowest BCUT2D eigenvalue weighted by Gasteiger charge is -2.33. The zero-order valence-electron chi connectivity index (χ0n) is 13.2. The number of likely N-dealkylation sites (N-methyl/N-ethyl adjacent to an activating group) is 1. The minimum atomic E-state index is -0.139. The first kappa shape index (κ1) is 15.3. The van der Waals surface area contributed by atoms with Gasteiger partial charge in [-0.15, -0.1) is 0 Å². The monoisotopic (exact) mass is 309 g/mol. The number of hydrogen-bond acceptors (Lipinski definition) is 6. The van der Waals surface area contributed by atoms with Crippen molar-refractivity contribution in [3.05, 3.63) is 11.8 Å². The van der Waals surface area contributed by atoms with Crippen molar-refractivity contribution in [2.45, 2.75) is 18.9 Å². The summed E-state index contributed by atoms with van der Waals surface area (Å²) >= 11 is 0. The van der Waals surface area contributed by atoms with Gasteiger partial charge in [-0.25, -0.2) is 0 Å². The summed E-state index contributed by atoms with van der Waals surface area (Å²) in [7, 11) is 3.57. The van der Waals surface area contributed by atoms with Crippen molar-refractivity contribution in [2.24, 2.45) is 5.92 Å². The molecule has 2 fully saturated rings. The Morgan fingerprint density at radius 2 is 2.32 bits per heavy atom. The van der Waals surface area contributed by atoms with Gasteiger partial charge in [0, 0.05) is 26.2 Å². The third kappa shape index (κ3) is 3.78. The Hall–Kier alpha value is -1.60. The van der Waals surface area contributed by atoms with Crippen molar-refractivity contribution >= 4 is 5.91 Å². The predicted molar refractivity (Wildman–Crippen MR) is 78.9 cm³/mol. The zero-order chi connectivity index (χ0) is 15.5. The SMILES string of the molecule is COc1cc(C(=O)N(CC2CC2)C[C@H]2CN(C)CCO2)on1. The summed E-state index contributed by atoms with van der Waals surface area (Å²) in [4.78, 5) is 16.7. The topological polar surface area (TPSA) is 68.0 Å². The first-order valence-electron chi connectivity index (χ1n) is 7.76. The van der Waals surface area contributed by atoms with Gasteiger partial charge in [-0.1, -0.05) is 0 Å². The summed E-state index contributed by atoms with van der Waals surface area (Å²) in [6, 6.07) is 1.54. The van der Waals surface area contributed by atoms with E-state index >= 15 is 0 Å². The van der Waals surface area contributed by atoms with Crippen molar-refractivity contribution in [1.82, 2.24) is 15.0 Å². The number of carbonyl (C=O) groups is 1. The number of methoxy groups -OCH3 is 1. The molecule has 0 unspecified atom stereocenters. The molecular weight excluding hydrogens is 286 g/mol. The first-order valence-corrected chi connectivity index (χ1v) is 7.76. The molecule has 0 aromatic carbocycles. The summed E-state index contributed by atoms with van der Waals surface area (Å²) in [5.41, 5.74) is 0. The van der Waals surface area contributed by atoms with E-state index in [4.69, 9.17) is 14.0 Å². The molecule has 3 rings (SSSR count). The molecule has 0 N–H and O–H groups in total. The quantitative estimate of drug-likeness (QED) is 0.776. The maximum atomic E-state index is 12.7. The lowest BCUT2D eigenvalue weighted by molar-refractivity contribution is -0.0335. The van der Waals surface area contributed by atoms with E-state index in [1.165, 1.54) is 26.0 Å². The van der Waals surface area contributed by atoms with Crippen LogP contribution in [0.3, 0.4) is 0 Å². The summed E-state index contributed by atoms with van der Waals surface area (Å²) in [5.74, 6) is 1.01. The van der Waals surface area contributed by atoms with Crippen LogP contribution < -0.4 is 4.74 Å². The fourth-order valence-corrected chi connectivity index (χ4v) is 2.69. The highest BCUT2D eigenvalue weighted by Crippen LogP contribution is 2.30. The van der Waals surface area contributed by atoms with Crippen molar-refractivity contribution in [3.8, 4) is 5.88 Å². The fraction of sp³-hybridized carbons (Fsp3) is 0.733.